The van der Waals surface area contributed by atoms with E-state index in [0.717, 1.165) is 6.54 Å². The molecule has 0 unspecified atom stereocenters. The molecule has 0 saturated carbocycles. The van der Waals surface area contributed by atoms with Gasteiger partial charge >= 0.3 is 0 Å². The van der Waals surface area contributed by atoms with Crippen LogP contribution in [0.2, 0.25) is 95.7 Å². The number of hydrogen-bond donors (Lipinski definition) is 0. The third-order valence-electron chi connectivity index (χ3n) is 4.98. The van der Waals surface area contributed by atoms with Crippen LogP contribution >= 0.6 is 0 Å². The van der Waals surface area contributed by atoms with Crippen molar-refractivity contribution in [3.63, 3.8) is 0 Å². The molecule has 0 radical (unpaired) electrons. The normalized spacial score (nSPS) is 12.4. The van der Waals surface area contributed by atoms with Gasteiger partial charge in [-0.2, -0.15) is 0 Å². The van der Waals surface area contributed by atoms with E-state index >= 15 is 0 Å². The maximum atomic E-state index is 3.56. The van der Waals surface area contributed by atoms with Crippen LogP contribution in [0.25, 0.3) is 0 Å². The molecule has 0 bridgehead atoms. The highest BCUT2D eigenvalue weighted by atomic mass is 28.3. The predicted molar refractivity (Wildman–Crippen MR) is 159 cm³/mol. The van der Waals surface area contributed by atoms with Gasteiger partial charge in [0, 0.05) is 39.6 Å². The summed E-state index contributed by atoms with van der Waals surface area (Å²) in [6, 6.07) is 7.71. The standard InChI is InChI=1S/C12H31NSi2.C7H20Si2.C5H11N/c1-13(2)9-8-10-15(6,7)12-11-14(3,4)5;1-8(2)6-7-9(3,4)5;1-4-5-6(2)3/h8-12H2,1-7H3;8H,6-7H2,1-5H3;4H,1,5H2,2-3H3. The average molecular weight is 491 g/mol. The number of likely N-dealkylation sites (N-methyl/N-ethyl adjacent to an activating group) is 1. The van der Waals surface area contributed by atoms with Crippen LogP contribution in [0.15, 0.2) is 12.7 Å². The largest absolute Gasteiger partial charge is 0.309 e. The molecule has 0 N–H and O–H groups in total. The molecule has 0 aromatic rings. The Balaban J connectivity index is -0.000000411. The molecule has 184 valence electrons. The van der Waals surface area contributed by atoms with E-state index in [4.69, 9.17) is 0 Å². The quantitative estimate of drug-likeness (QED) is 0.206. The van der Waals surface area contributed by atoms with E-state index in [1.54, 1.807) is 18.1 Å². The van der Waals surface area contributed by atoms with E-state index < -0.39 is 24.2 Å². The van der Waals surface area contributed by atoms with E-state index in [2.05, 4.69) is 95.9 Å². The van der Waals surface area contributed by atoms with Crippen LogP contribution < -0.4 is 0 Å². The Morgan fingerprint density at radius 3 is 1.40 bits per heavy atom. The summed E-state index contributed by atoms with van der Waals surface area (Å²) >= 11 is 0. The minimum absolute atomic E-state index is 0.236. The highest BCUT2D eigenvalue weighted by Crippen LogP contribution is 2.24. The highest BCUT2D eigenvalue weighted by Gasteiger charge is 2.23. The van der Waals surface area contributed by atoms with Crippen molar-refractivity contribution in [1.82, 2.24) is 9.80 Å². The minimum atomic E-state index is -0.872. The van der Waals surface area contributed by atoms with Gasteiger partial charge in [-0.15, -0.1) is 6.58 Å². The van der Waals surface area contributed by atoms with Gasteiger partial charge in [-0.3, -0.25) is 0 Å². The molecule has 0 spiro atoms. The summed E-state index contributed by atoms with van der Waals surface area (Å²) in [4.78, 5) is 4.37. The summed E-state index contributed by atoms with van der Waals surface area (Å²) in [7, 11) is 5.79. The topological polar surface area (TPSA) is 6.48 Å². The number of nitrogens with zero attached hydrogens (tertiary/aromatic N) is 2. The monoisotopic (exact) mass is 490 g/mol. The first-order valence-electron chi connectivity index (χ1n) is 12.2. The molecule has 30 heavy (non-hydrogen) atoms. The molecule has 0 aromatic heterocycles. The third kappa shape index (κ3) is 39.1. The zero-order valence-electron chi connectivity index (χ0n) is 23.9. The summed E-state index contributed by atoms with van der Waals surface area (Å²) in [5, 5.41) is 0. The Morgan fingerprint density at radius 1 is 0.700 bits per heavy atom. The van der Waals surface area contributed by atoms with Crippen molar-refractivity contribution in [2.24, 2.45) is 0 Å². The SMILES string of the molecule is C=CCN(C)C.CN(C)CCC[Si](C)(C)CC[Si](C)(C)C.C[SiH](C)CC[Si](C)(C)C. The first kappa shape index (κ1) is 35.1. The van der Waals surface area contributed by atoms with Crippen molar-refractivity contribution in [2.75, 3.05) is 41.3 Å². The molecule has 2 nitrogen and oxygen atoms in total. The molecular weight excluding hydrogens is 429 g/mol. The smallest absolute Gasteiger partial charge is 0.0471 e. The zero-order chi connectivity index (χ0) is 24.6. The lowest BCUT2D eigenvalue weighted by atomic mass is 10.5. The molecule has 0 atom stereocenters. The van der Waals surface area contributed by atoms with Gasteiger partial charge in [-0.25, -0.2) is 0 Å². The molecule has 0 fully saturated rings. The number of hydrogen-bond acceptors (Lipinski definition) is 2. The van der Waals surface area contributed by atoms with Crippen LogP contribution in [0.5, 0.6) is 0 Å². The first-order valence-corrected chi connectivity index (χ1v) is 26.2. The molecular formula is C24H62N2Si4. The van der Waals surface area contributed by atoms with Crippen molar-refractivity contribution < 1.29 is 0 Å². The number of rotatable bonds is 12. The second-order valence-electron chi connectivity index (χ2n) is 13.2. The molecule has 0 rings (SSSR count). The second-order valence-corrected chi connectivity index (χ2v) is 33.1. The zero-order valence-corrected chi connectivity index (χ0v) is 28.1. The van der Waals surface area contributed by atoms with Gasteiger partial charge in [0.25, 0.3) is 0 Å². The fourth-order valence-corrected chi connectivity index (χ4v) is 15.5. The van der Waals surface area contributed by atoms with Gasteiger partial charge in [-0.05, 0) is 41.2 Å². The Hall–Kier alpha value is 0.528. The van der Waals surface area contributed by atoms with Crippen LogP contribution in [0.4, 0.5) is 0 Å². The predicted octanol–water partition coefficient (Wildman–Crippen LogP) is 7.53. The summed E-state index contributed by atoms with van der Waals surface area (Å²) < 4.78 is 0. The molecule has 0 aliphatic heterocycles. The van der Waals surface area contributed by atoms with E-state index in [1.165, 1.54) is 25.1 Å². The van der Waals surface area contributed by atoms with Crippen molar-refractivity contribution in [3.05, 3.63) is 12.7 Å². The first-order chi connectivity index (χ1) is 13.3. The Bertz CT molecular complexity index is 395. The van der Waals surface area contributed by atoms with Crippen molar-refractivity contribution in [2.45, 2.75) is 102 Å². The van der Waals surface area contributed by atoms with Gasteiger partial charge in [0.05, 0.1) is 0 Å². The van der Waals surface area contributed by atoms with E-state index in [0.29, 0.717) is 0 Å². The van der Waals surface area contributed by atoms with Crippen LogP contribution in [-0.2, 0) is 0 Å². The molecule has 0 aromatic carbocycles. The summed E-state index contributed by atoms with van der Waals surface area (Å²) in [6.45, 7) is 30.7. The van der Waals surface area contributed by atoms with E-state index in [9.17, 15) is 0 Å². The summed E-state index contributed by atoms with van der Waals surface area (Å²) in [5.41, 5.74) is 0. The van der Waals surface area contributed by atoms with Gasteiger partial charge < -0.3 is 9.80 Å². The summed E-state index contributed by atoms with van der Waals surface area (Å²) in [5.74, 6) is 0. The Kier molecular flexibility index (Phi) is 21.1. The Morgan fingerprint density at radius 2 is 1.17 bits per heavy atom. The average Bonchev–Trinajstić information content (AvgIpc) is 2.50. The van der Waals surface area contributed by atoms with Gasteiger partial charge in [-0.1, -0.05) is 102 Å². The molecule has 0 saturated heterocycles. The van der Waals surface area contributed by atoms with Crippen LogP contribution in [0.3, 0.4) is 0 Å². The molecule has 0 amide bonds. The summed E-state index contributed by atoms with van der Waals surface area (Å²) in [6.07, 6.45) is 3.28. The molecule has 6 heteroatoms. The minimum Gasteiger partial charge on any atom is -0.309 e. The molecule has 0 aliphatic rings. The second kappa shape index (κ2) is 18.0. The fraction of sp³-hybridized carbons (Fsp3) is 0.917. The lowest BCUT2D eigenvalue weighted by Crippen LogP contribution is -2.31. The fourth-order valence-electron chi connectivity index (χ4n) is 2.69. The molecule has 0 aliphatic carbocycles. The van der Waals surface area contributed by atoms with E-state index in [1.807, 2.05) is 20.2 Å². The van der Waals surface area contributed by atoms with Crippen molar-refractivity contribution in [1.29, 1.82) is 0 Å². The maximum Gasteiger partial charge on any atom is 0.0471 e. The lowest BCUT2D eigenvalue weighted by Gasteiger charge is -2.26. The maximum absolute atomic E-state index is 3.56. The van der Waals surface area contributed by atoms with Crippen molar-refractivity contribution in [3.8, 4) is 0 Å². The Labute approximate surface area is 198 Å². The van der Waals surface area contributed by atoms with Gasteiger partial charge in [0.2, 0.25) is 0 Å². The molecule has 0 heterocycles. The van der Waals surface area contributed by atoms with Crippen LogP contribution in [-0.4, -0.2) is 84.1 Å². The van der Waals surface area contributed by atoms with E-state index in [-0.39, 0.29) is 8.80 Å². The third-order valence-corrected chi connectivity index (χ3v) is 14.3. The van der Waals surface area contributed by atoms with Crippen LogP contribution in [0, 0.1) is 0 Å². The highest BCUT2D eigenvalue weighted by molar-refractivity contribution is 6.82. The van der Waals surface area contributed by atoms with Gasteiger partial charge in [0.15, 0.2) is 0 Å². The van der Waals surface area contributed by atoms with Crippen molar-refractivity contribution >= 4 is 33.0 Å². The van der Waals surface area contributed by atoms with Crippen LogP contribution in [0.1, 0.15) is 6.42 Å². The lowest BCUT2D eigenvalue weighted by molar-refractivity contribution is 0.407. The van der Waals surface area contributed by atoms with Gasteiger partial charge in [0.1, 0.15) is 0 Å².